The van der Waals surface area contributed by atoms with Gasteiger partial charge in [-0.1, -0.05) is 6.42 Å². The van der Waals surface area contributed by atoms with Crippen molar-refractivity contribution in [2.75, 3.05) is 0 Å². The molecule has 0 unspecified atom stereocenters. The van der Waals surface area contributed by atoms with E-state index in [0.717, 1.165) is 0 Å². The van der Waals surface area contributed by atoms with E-state index in [2.05, 4.69) is 0 Å². The summed E-state index contributed by atoms with van der Waals surface area (Å²) in [7, 11) is 0. The minimum absolute atomic E-state index is 0.0560. The molecule has 0 aliphatic carbocycles. The minimum atomic E-state index is -4.16. The first-order valence-electron chi connectivity index (χ1n) is 3.94. The summed E-state index contributed by atoms with van der Waals surface area (Å²) in [5, 5.41) is 25.1. The molecule has 13 heavy (non-hydrogen) atoms. The van der Waals surface area contributed by atoms with E-state index in [-0.39, 0.29) is 25.7 Å². The molecule has 0 aromatic carbocycles. The second-order valence-corrected chi connectivity index (χ2v) is 2.95. The highest BCUT2D eigenvalue weighted by Crippen LogP contribution is 2.23. The SMILES string of the molecule is OC(O)(O)CCCCCC(F)(F)F. The lowest BCUT2D eigenvalue weighted by molar-refractivity contribution is -0.315. The summed E-state index contributed by atoms with van der Waals surface area (Å²) < 4.78 is 34.7. The van der Waals surface area contributed by atoms with Gasteiger partial charge in [-0.15, -0.1) is 0 Å². The fourth-order valence-corrected chi connectivity index (χ4v) is 0.864. The highest BCUT2D eigenvalue weighted by atomic mass is 19.4. The van der Waals surface area contributed by atoms with Crippen molar-refractivity contribution in [2.45, 2.75) is 44.3 Å². The first kappa shape index (κ1) is 12.7. The lowest BCUT2D eigenvalue weighted by atomic mass is 10.1. The summed E-state index contributed by atoms with van der Waals surface area (Å²) in [6.45, 7) is 0. The van der Waals surface area contributed by atoms with E-state index >= 15 is 0 Å². The number of unbranched alkanes of at least 4 members (excludes halogenated alkanes) is 2. The van der Waals surface area contributed by atoms with Gasteiger partial charge in [-0.05, 0) is 12.8 Å². The van der Waals surface area contributed by atoms with Crippen molar-refractivity contribution in [1.29, 1.82) is 0 Å². The number of rotatable bonds is 5. The van der Waals surface area contributed by atoms with Crippen molar-refractivity contribution in [3.63, 3.8) is 0 Å². The molecular weight excluding hydrogens is 189 g/mol. The molecule has 0 spiro atoms. The van der Waals surface area contributed by atoms with Gasteiger partial charge in [0.2, 0.25) is 0 Å². The summed E-state index contributed by atoms with van der Waals surface area (Å²) in [5.74, 6) is -2.75. The molecule has 0 aromatic heterocycles. The Labute approximate surface area is 73.8 Å². The summed E-state index contributed by atoms with van der Waals surface area (Å²) in [5.41, 5.74) is 0. The van der Waals surface area contributed by atoms with Crippen LogP contribution in [0.5, 0.6) is 0 Å². The molecule has 0 atom stereocenters. The van der Waals surface area contributed by atoms with Crippen molar-refractivity contribution in [1.82, 2.24) is 0 Å². The largest absolute Gasteiger partial charge is 0.389 e. The van der Waals surface area contributed by atoms with Crippen molar-refractivity contribution < 1.29 is 28.5 Å². The predicted octanol–water partition coefficient (Wildman–Crippen LogP) is 1.13. The standard InChI is InChI=1S/C7H13F3O3/c8-6(9,10)4-2-1-3-5-7(11,12)13/h11-13H,1-5H2. The van der Waals surface area contributed by atoms with Gasteiger partial charge in [0, 0.05) is 12.8 Å². The molecule has 0 fully saturated rings. The Morgan fingerprint density at radius 1 is 0.769 bits per heavy atom. The maximum atomic E-state index is 11.6. The number of alkyl halides is 3. The van der Waals surface area contributed by atoms with E-state index in [0.29, 0.717) is 0 Å². The molecule has 0 radical (unpaired) electrons. The number of hydrogen-bond donors (Lipinski definition) is 3. The minimum Gasteiger partial charge on any atom is -0.344 e. The zero-order chi connectivity index (χ0) is 10.5. The Bertz CT molecular complexity index is 123. The topological polar surface area (TPSA) is 60.7 Å². The maximum Gasteiger partial charge on any atom is 0.389 e. The molecule has 0 aromatic rings. The van der Waals surface area contributed by atoms with Gasteiger partial charge in [-0.2, -0.15) is 13.2 Å². The van der Waals surface area contributed by atoms with Crippen LogP contribution < -0.4 is 0 Å². The van der Waals surface area contributed by atoms with Crippen LogP contribution in [0.25, 0.3) is 0 Å². The van der Waals surface area contributed by atoms with E-state index < -0.39 is 18.6 Å². The predicted molar refractivity (Wildman–Crippen MR) is 38.5 cm³/mol. The van der Waals surface area contributed by atoms with Crippen molar-refractivity contribution in [3.05, 3.63) is 0 Å². The maximum absolute atomic E-state index is 11.6. The van der Waals surface area contributed by atoms with E-state index in [1.165, 1.54) is 0 Å². The van der Waals surface area contributed by atoms with Gasteiger partial charge in [-0.3, -0.25) is 0 Å². The highest BCUT2D eigenvalue weighted by Gasteiger charge is 2.26. The van der Waals surface area contributed by atoms with Crippen LogP contribution in [-0.4, -0.2) is 27.5 Å². The molecule has 0 saturated heterocycles. The van der Waals surface area contributed by atoms with Crippen molar-refractivity contribution in [2.24, 2.45) is 0 Å². The quantitative estimate of drug-likeness (QED) is 0.462. The number of hydrogen-bond acceptors (Lipinski definition) is 3. The fourth-order valence-electron chi connectivity index (χ4n) is 0.864. The molecule has 6 heteroatoms. The van der Waals surface area contributed by atoms with Gasteiger partial charge in [0.25, 0.3) is 5.97 Å². The molecule has 0 rings (SSSR count). The molecular formula is C7H13F3O3. The lowest BCUT2D eigenvalue weighted by Gasteiger charge is -2.13. The van der Waals surface area contributed by atoms with E-state index in [4.69, 9.17) is 15.3 Å². The Hall–Kier alpha value is -0.330. The average molecular weight is 202 g/mol. The molecule has 0 saturated carbocycles. The third kappa shape index (κ3) is 11.7. The summed E-state index contributed by atoms with van der Waals surface area (Å²) in [6.07, 6.45) is -5.05. The molecule has 0 heterocycles. The molecule has 3 nitrogen and oxygen atoms in total. The normalized spacial score (nSPS) is 13.4. The number of halogens is 3. The molecule has 0 amide bonds. The average Bonchev–Trinajstić information content (AvgIpc) is 1.81. The van der Waals surface area contributed by atoms with Gasteiger partial charge < -0.3 is 15.3 Å². The van der Waals surface area contributed by atoms with Gasteiger partial charge in [0.1, 0.15) is 0 Å². The molecule has 0 bridgehead atoms. The zero-order valence-electron chi connectivity index (χ0n) is 7.01. The van der Waals surface area contributed by atoms with Crippen LogP contribution in [0.4, 0.5) is 13.2 Å². The zero-order valence-corrected chi connectivity index (χ0v) is 7.01. The van der Waals surface area contributed by atoms with Crippen LogP contribution in [0.2, 0.25) is 0 Å². The van der Waals surface area contributed by atoms with Crippen LogP contribution in [0, 0.1) is 0 Å². The second-order valence-electron chi connectivity index (χ2n) is 2.95. The smallest absolute Gasteiger partial charge is 0.344 e. The third-order valence-corrected chi connectivity index (χ3v) is 1.47. The highest BCUT2D eigenvalue weighted by molar-refractivity contribution is 4.53. The molecule has 0 aliphatic heterocycles. The van der Waals surface area contributed by atoms with Gasteiger partial charge in [0.05, 0.1) is 0 Å². The molecule has 3 N–H and O–H groups in total. The first-order chi connectivity index (χ1) is 5.71. The van der Waals surface area contributed by atoms with Crippen LogP contribution in [0.3, 0.4) is 0 Å². The van der Waals surface area contributed by atoms with Gasteiger partial charge >= 0.3 is 6.18 Å². The van der Waals surface area contributed by atoms with Crippen LogP contribution in [0.15, 0.2) is 0 Å². The van der Waals surface area contributed by atoms with E-state index in [9.17, 15) is 13.2 Å². The fraction of sp³-hybridized carbons (Fsp3) is 1.00. The summed E-state index contributed by atoms with van der Waals surface area (Å²) >= 11 is 0. The Balaban J connectivity index is 3.28. The summed E-state index contributed by atoms with van der Waals surface area (Å²) in [4.78, 5) is 0. The third-order valence-electron chi connectivity index (χ3n) is 1.47. The van der Waals surface area contributed by atoms with E-state index in [1.807, 2.05) is 0 Å². The van der Waals surface area contributed by atoms with Gasteiger partial charge in [-0.25, -0.2) is 0 Å². The lowest BCUT2D eigenvalue weighted by Crippen LogP contribution is -2.26. The van der Waals surface area contributed by atoms with E-state index in [1.54, 1.807) is 0 Å². The van der Waals surface area contributed by atoms with Crippen molar-refractivity contribution >= 4 is 0 Å². The van der Waals surface area contributed by atoms with Crippen LogP contribution in [-0.2, 0) is 0 Å². The van der Waals surface area contributed by atoms with Crippen LogP contribution >= 0.6 is 0 Å². The van der Waals surface area contributed by atoms with Crippen molar-refractivity contribution in [3.8, 4) is 0 Å². The molecule has 0 aliphatic rings. The monoisotopic (exact) mass is 202 g/mol. The Morgan fingerprint density at radius 3 is 1.62 bits per heavy atom. The first-order valence-corrected chi connectivity index (χ1v) is 3.94. The van der Waals surface area contributed by atoms with Crippen LogP contribution in [0.1, 0.15) is 32.1 Å². The second kappa shape index (κ2) is 4.78. The number of aliphatic hydroxyl groups is 3. The Kier molecular flexibility index (Phi) is 4.66. The Morgan fingerprint density at radius 2 is 1.23 bits per heavy atom. The molecule has 80 valence electrons. The summed E-state index contributed by atoms with van der Waals surface area (Å²) in [6, 6.07) is 0. The van der Waals surface area contributed by atoms with Gasteiger partial charge in [0.15, 0.2) is 0 Å².